The number of nitrogens with zero attached hydrogens (tertiary/aromatic N) is 1. The van der Waals surface area contributed by atoms with E-state index >= 15 is 0 Å². The highest BCUT2D eigenvalue weighted by Crippen LogP contribution is 2.17. The number of hydrogen-bond acceptors (Lipinski definition) is 3. The summed E-state index contributed by atoms with van der Waals surface area (Å²) in [4.78, 5) is 4.33. The van der Waals surface area contributed by atoms with E-state index in [1.54, 1.807) is 6.20 Å². The van der Waals surface area contributed by atoms with Gasteiger partial charge >= 0.3 is 0 Å². The Kier molecular flexibility index (Phi) is 3.85. The Hall–Kier alpha value is -1.71. The number of hydrazine groups is 1. The molecule has 0 aliphatic carbocycles. The summed E-state index contributed by atoms with van der Waals surface area (Å²) in [6.07, 6.45) is 2.64. The van der Waals surface area contributed by atoms with E-state index in [-0.39, 0.29) is 6.04 Å². The van der Waals surface area contributed by atoms with Crippen LogP contribution in [-0.2, 0) is 6.42 Å². The molecule has 1 atom stereocenters. The molecule has 1 aromatic carbocycles. The van der Waals surface area contributed by atoms with Crippen molar-refractivity contribution < 1.29 is 0 Å². The molecule has 3 N–H and O–H groups in total. The number of hydrogen-bond donors (Lipinski definition) is 2. The lowest BCUT2D eigenvalue weighted by Crippen LogP contribution is -2.30. The Balaban J connectivity index is 2.19. The number of rotatable bonds is 4. The summed E-state index contributed by atoms with van der Waals surface area (Å²) >= 11 is 0. The number of pyridine rings is 1. The SMILES string of the molecule is Cc1ccccc1CC(NN)c1ccccn1. The summed E-state index contributed by atoms with van der Waals surface area (Å²) in [5, 5.41) is 0. The number of aryl methyl sites for hydroxylation is 1. The van der Waals surface area contributed by atoms with Crippen molar-refractivity contribution in [2.75, 3.05) is 0 Å². The fourth-order valence-corrected chi connectivity index (χ4v) is 1.89. The molecule has 0 radical (unpaired) electrons. The highest BCUT2D eigenvalue weighted by molar-refractivity contribution is 5.27. The van der Waals surface area contributed by atoms with Crippen molar-refractivity contribution in [2.45, 2.75) is 19.4 Å². The van der Waals surface area contributed by atoms with Crippen LogP contribution in [0.15, 0.2) is 48.7 Å². The predicted octanol–water partition coefficient (Wildman–Crippen LogP) is 2.14. The first kappa shape index (κ1) is 11.8. The average molecular weight is 227 g/mol. The third kappa shape index (κ3) is 2.90. The lowest BCUT2D eigenvalue weighted by molar-refractivity contribution is 0.537. The quantitative estimate of drug-likeness (QED) is 0.621. The van der Waals surface area contributed by atoms with E-state index in [0.29, 0.717) is 0 Å². The highest BCUT2D eigenvalue weighted by atomic mass is 15.2. The van der Waals surface area contributed by atoms with Gasteiger partial charge in [0, 0.05) is 6.20 Å². The molecule has 0 spiro atoms. The lowest BCUT2D eigenvalue weighted by Gasteiger charge is -2.16. The van der Waals surface area contributed by atoms with Gasteiger partial charge in [-0.2, -0.15) is 0 Å². The summed E-state index contributed by atoms with van der Waals surface area (Å²) in [7, 11) is 0. The number of benzene rings is 1. The smallest absolute Gasteiger partial charge is 0.0672 e. The lowest BCUT2D eigenvalue weighted by atomic mass is 9.99. The van der Waals surface area contributed by atoms with Gasteiger partial charge in [0.1, 0.15) is 0 Å². The molecule has 0 saturated heterocycles. The van der Waals surface area contributed by atoms with Gasteiger partial charge in [0.05, 0.1) is 11.7 Å². The van der Waals surface area contributed by atoms with Gasteiger partial charge in [-0.05, 0) is 36.6 Å². The van der Waals surface area contributed by atoms with Crippen molar-refractivity contribution in [2.24, 2.45) is 5.84 Å². The van der Waals surface area contributed by atoms with Gasteiger partial charge in [0.2, 0.25) is 0 Å². The molecular formula is C14H17N3. The third-order valence-corrected chi connectivity index (χ3v) is 2.93. The maximum absolute atomic E-state index is 5.61. The van der Waals surface area contributed by atoms with Crippen molar-refractivity contribution in [1.82, 2.24) is 10.4 Å². The number of nitrogens with one attached hydrogen (secondary N) is 1. The van der Waals surface area contributed by atoms with Gasteiger partial charge in [-0.1, -0.05) is 30.3 Å². The number of aromatic nitrogens is 1. The molecule has 1 heterocycles. The Bertz CT molecular complexity index is 468. The van der Waals surface area contributed by atoms with Crippen LogP contribution in [0.4, 0.5) is 0 Å². The van der Waals surface area contributed by atoms with E-state index in [2.05, 4.69) is 29.5 Å². The van der Waals surface area contributed by atoms with Crippen molar-refractivity contribution >= 4 is 0 Å². The molecule has 1 unspecified atom stereocenters. The van der Waals surface area contributed by atoms with E-state index in [0.717, 1.165) is 12.1 Å². The van der Waals surface area contributed by atoms with Gasteiger partial charge in [-0.3, -0.25) is 16.3 Å². The van der Waals surface area contributed by atoms with E-state index in [4.69, 9.17) is 5.84 Å². The highest BCUT2D eigenvalue weighted by Gasteiger charge is 2.12. The molecule has 0 aliphatic rings. The van der Waals surface area contributed by atoms with Crippen molar-refractivity contribution in [3.8, 4) is 0 Å². The average Bonchev–Trinajstić information content (AvgIpc) is 2.39. The zero-order chi connectivity index (χ0) is 12.1. The van der Waals surface area contributed by atoms with Gasteiger partial charge in [-0.15, -0.1) is 0 Å². The summed E-state index contributed by atoms with van der Waals surface area (Å²) in [5.41, 5.74) is 6.38. The molecule has 0 saturated carbocycles. The zero-order valence-corrected chi connectivity index (χ0v) is 9.93. The molecule has 2 rings (SSSR count). The van der Waals surface area contributed by atoms with Gasteiger partial charge in [0.15, 0.2) is 0 Å². The summed E-state index contributed by atoms with van der Waals surface area (Å²) in [5.74, 6) is 5.61. The topological polar surface area (TPSA) is 50.9 Å². The van der Waals surface area contributed by atoms with Crippen LogP contribution >= 0.6 is 0 Å². The van der Waals surface area contributed by atoms with Crippen molar-refractivity contribution in [3.63, 3.8) is 0 Å². The molecule has 88 valence electrons. The third-order valence-electron chi connectivity index (χ3n) is 2.93. The molecule has 3 nitrogen and oxygen atoms in total. The molecule has 17 heavy (non-hydrogen) atoms. The monoisotopic (exact) mass is 227 g/mol. The van der Waals surface area contributed by atoms with Crippen molar-refractivity contribution in [1.29, 1.82) is 0 Å². The van der Waals surface area contributed by atoms with Crippen LogP contribution < -0.4 is 11.3 Å². The molecular weight excluding hydrogens is 210 g/mol. The second kappa shape index (κ2) is 5.57. The van der Waals surface area contributed by atoms with E-state index < -0.39 is 0 Å². The molecule has 0 bridgehead atoms. The summed E-state index contributed by atoms with van der Waals surface area (Å²) in [6.45, 7) is 2.11. The van der Waals surface area contributed by atoms with Crippen LogP contribution in [0.25, 0.3) is 0 Å². The van der Waals surface area contributed by atoms with E-state index in [9.17, 15) is 0 Å². The molecule has 2 aromatic rings. The molecule has 3 heteroatoms. The minimum absolute atomic E-state index is 0.0531. The second-order valence-corrected chi connectivity index (χ2v) is 4.10. The fraction of sp³-hybridized carbons (Fsp3) is 0.214. The summed E-state index contributed by atoms with van der Waals surface area (Å²) in [6, 6.07) is 14.3. The molecule has 1 aromatic heterocycles. The van der Waals surface area contributed by atoms with Crippen molar-refractivity contribution in [3.05, 3.63) is 65.5 Å². The second-order valence-electron chi connectivity index (χ2n) is 4.10. The standard InChI is InChI=1S/C14H17N3/c1-11-6-2-3-7-12(11)10-14(17-15)13-8-4-5-9-16-13/h2-9,14,17H,10,15H2,1H3. The normalized spacial score (nSPS) is 12.4. The predicted molar refractivity (Wildman–Crippen MR) is 69.2 cm³/mol. The maximum Gasteiger partial charge on any atom is 0.0672 e. The Morgan fingerprint density at radius 1 is 1.18 bits per heavy atom. The first-order valence-corrected chi connectivity index (χ1v) is 5.73. The first-order chi connectivity index (χ1) is 8.31. The van der Waals surface area contributed by atoms with Crippen LogP contribution in [0.3, 0.4) is 0 Å². The molecule has 0 fully saturated rings. The van der Waals surface area contributed by atoms with Gasteiger partial charge < -0.3 is 0 Å². The Morgan fingerprint density at radius 2 is 1.94 bits per heavy atom. The van der Waals surface area contributed by atoms with Gasteiger partial charge in [0.25, 0.3) is 0 Å². The van der Waals surface area contributed by atoms with Gasteiger partial charge in [-0.25, -0.2) is 0 Å². The molecule has 0 aliphatic heterocycles. The van der Waals surface area contributed by atoms with Crippen LogP contribution in [0.5, 0.6) is 0 Å². The Morgan fingerprint density at radius 3 is 2.59 bits per heavy atom. The van der Waals surface area contributed by atoms with Crippen LogP contribution in [0.2, 0.25) is 0 Å². The van der Waals surface area contributed by atoms with Crippen LogP contribution in [0.1, 0.15) is 22.9 Å². The Labute approximate surface area is 102 Å². The van der Waals surface area contributed by atoms with Crippen LogP contribution in [-0.4, -0.2) is 4.98 Å². The minimum atomic E-state index is 0.0531. The zero-order valence-electron chi connectivity index (χ0n) is 9.93. The first-order valence-electron chi connectivity index (χ1n) is 5.73. The number of nitrogens with two attached hydrogens (primary N) is 1. The van der Waals surface area contributed by atoms with E-state index in [1.165, 1.54) is 11.1 Å². The summed E-state index contributed by atoms with van der Waals surface area (Å²) < 4.78 is 0. The minimum Gasteiger partial charge on any atom is -0.271 e. The molecule has 0 amide bonds. The van der Waals surface area contributed by atoms with Crippen LogP contribution in [0, 0.1) is 6.92 Å². The largest absolute Gasteiger partial charge is 0.271 e. The fourth-order valence-electron chi connectivity index (χ4n) is 1.89. The maximum atomic E-state index is 5.61. The van der Waals surface area contributed by atoms with E-state index in [1.807, 2.05) is 30.3 Å².